The van der Waals surface area contributed by atoms with E-state index < -0.39 is 20.5 Å². The van der Waals surface area contributed by atoms with Gasteiger partial charge in [0, 0.05) is 25.1 Å². The summed E-state index contributed by atoms with van der Waals surface area (Å²) in [6.07, 6.45) is 0.408. The Morgan fingerprint density at radius 3 is 2.46 bits per heavy atom. The highest BCUT2D eigenvalue weighted by molar-refractivity contribution is 7.93. The summed E-state index contributed by atoms with van der Waals surface area (Å²) in [5, 5.41) is 12.7. The van der Waals surface area contributed by atoms with Crippen molar-refractivity contribution in [2.75, 3.05) is 26.4 Å². The van der Waals surface area contributed by atoms with Crippen LogP contribution >= 0.6 is 0 Å². The number of ether oxygens (including phenoxy) is 2. The smallest absolute Gasteiger partial charge is 0.287 e. The predicted octanol–water partition coefficient (Wildman–Crippen LogP) is 2.46. The van der Waals surface area contributed by atoms with E-state index in [0.717, 1.165) is 5.39 Å². The number of carbonyl (C=O) groups excluding carboxylic acids is 2. The molecule has 1 saturated heterocycles. The van der Waals surface area contributed by atoms with Crippen LogP contribution in [0.5, 0.6) is 5.75 Å². The van der Waals surface area contributed by atoms with Gasteiger partial charge in [0.15, 0.2) is 20.3 Å². The van der Waals surface area contributed by atoms with Gasteiger partial charge in [-0.25, -0.2) is 13.9 Å². The van der Waals surface area contributed by atoms with Gasteiger partial charge in [0.2, 0.25) is 0 Å². The third-order valence-corrected chi connectivity index (χ3v) is 8.50. The molecule has 1 fully saturated rings. The molecule has 2 aromatic carbocycles. The predicted molar refractivity (Wildman–Crippen MR) is 125 cm³/mol. The molecule has 10 nitrogen and oxygen atoms in total. The van der Waals surface area contributed by atoms with Gasteiger partial charge in [0.1, 0.15) is 11.3 Å². The molecular weight excluding hydrogens is 476 g/mol. The van der Waals surface area contributed by atoms with Crippen LogP contribution in [0.3, 0.4) is 0 Å². The number of furan rings is 1. The standard InChI is InChI=1S/C24H26N2O8S/c27-22(21-16-17-4-1-2-5-20(17)34-21)25-12-3-13-33-18-6-8-19(9-7-18)35(30,31)24(23(28)26-29)10-14-32-15-11-24/h1-2,4-9,16,29H,3,10-15H2,(H,25,27)(H,26,28). The highest BCUT2D eigenvalue weighted by Gasteiger charge is 2.52. The van der Waals surface area contributed by atoms with E-state index in [4.69, 9.17) is 19.1 Å². The molecule has 1 aliphatic rings. The van der Waals surface area contributed by atoms with E-state index >= 15 is 0 Å². The number of hydroxylamine groups is 1. The van der Waals surface area contributed by atoms with Crippen LogP contribution in [-0.4, -0.2) is 56.6 Å². The molecule has 0 radical (unpaired) electrons. The van der Waals surface area contributed by atoms with E-state index in [2.05, 4.69) is 5.32 Å². The molecule has 0 unspecified atom stereocenters. The van der Waals surface area contributed by atoms with Crippen LogP contribution in [0.15, 0.2) is 63.9 Å². The van der Waals surface area contributed by atoms with E-state index in [1.54, 1.807) is 12.1 Å². The van der Waals surface area contributed by atoms with Crippen LogP contribution in [0.2, 0.25) is 0 Å². The molecule has 0 spiro atoms. The third-order valence-electron chi connectivity index (χ3n) is 5.99. The quantitative estimate of drug-likeness (QED) is 0.230. The average molecular weight is 503 g/mol. The Kier molecular flexibility index (Phi) is 7.39. The molecule has 1 aliphatic heterocycles. The fraction of sp³-hybridized carbons (Fsp3) is 0.333. The molecule has 3 aromatic rings. The Morgan fingerprint density at radius 1 is 1.06 bits per heavy atom. The van der Waals surface area contributed by atoms with Gasteiger partial charge in [0.25, 0.3) is 11.8 Å². The monoisotopic (exact) mass is 502 g/mol. The molecular formula is C24H26N2O8S. The molecule has 2 heterocycles. The van der Waals surface area contributed by atoms with E-state index in [0.29, 0.717) is 30.9 Å². The Hall–Kier alpha value is -3.41. The fourth-order valence-electron chi connectivity index (χ4n) is 4.01. The lowest BCUT2D eigenvalue weighted by molar-refractivity contribution is -0.134. The third kappa shape index (κ3) is 5.02. The van der Waals surface area contributed by atoms with Crippen LogP contribution in [-0.2, 0) is 19.4 Å². The molecule has 0 aliphatic carbocycles. The summed E-state index contributed by atoms with van der Waals surface area (Å²) >= 11 is 0. The summed E-state index contributed by atoms with van der Waals surface area (Å²) in [5.41, 5.74) is 2.14. The Labute approximate surface area is 202 Å². The van der Waals surface area contributed by atoms with Crippen molar-refractivity contribution in [3.8, 4) is 5.75 Å². The van der Waals surface area contributed by atoms with Crippen LogP contribution < -0.4 is 15.5 Å². The Morgan fingerprint density at radius 2 is 1.77 bits per heavy atom. The van der Waals surface area contributed by atoms with Gasteiger partial charge in [-0.3, -0.25) is 14.8 Å². The van der Waals surface area contributed by atoms with Crippen LogP contribution in [0, 0.1) is 0 Å². The zero-order valence-electron chi connectivity index (χ0n) is 18.9. The molecule has 0 atom stereocenters. The van der Waals surface area contributed by atoms with Crippen molar-refractivity contribution in [2.24, 2.45) is 0 Å². The first kappa shape index (κ1) is 24.7. The minimum absolute atomic E-state index is 0.0477. The molecule has 0 bridgehead atoms. The lowest BCUT2D eigenvalue weighted by atomic mass is 9.98. The van der Waals surface area contributed by atoms with Crippen molar-refractivity contribution in [3.63, 3.8) is 0 Å². The van der Waals surface area contributed by atoms with Crippen LogP contribution in [0.4, 0.5) is 0 Å². The summed E-state index contributed by atoms with van der Waals surface area (Å²) < 4.78 is 41.1. The molecule has 35 heavy (non-hydrogen) atoms. The summed E-state index contributed by atoms with van der Waals surface area (Å²) in [6.45, 7) is 0.853. The molecule has 0 saturated carbocycles. The fourth-order valence-corrected chi connectivity index (χ4v) is 5.95. The van der Waals surface area contributed by atoms with E-state index in [-0.39, 0.29) is 42.6 Å². The maximum Gasteiger partial charge on any atom is 0.287 e. The Balaban J connectivity index is 1.29. The maximum atomic E-state index is 13.2. The van der Waals surface area contributed by atoms with Gasteiger partial charge in [-0.2, -0.15) is 0 Å². The van der Waals surface area contributed by atoms with Gasteiger partial charge >= 0.3 is 0 Å². The first-order valence-corrected chi connectivity index (χ1v) is 12.6. The summed E-state index contributed by atoms with van der Waals surface area (Å²) in [6, 6.07) is 14.8. The summed E-state index contributed by atoms with van der Waals surface area (Å²) in [4.78, 5) is 24.5. The SMILES string of the molecule is O=C(NCCCOc1ccc(S(=O)(=O)C2(C(=O)NO)CCOCC2)cc1)c1cc2ccccc2o1. The molecule has 3 N–H and O–H groups in total. The number of fused-ring (bicyclic) bond motifs is 1. The number of para-hydroxylation sites is 1. The lowest BCUT2D eigenvalue weighted by Crippen LogP contribution is -2.54. The number of amides is 2. The van der Waals surface area contributed by atoms with E-state index in [1.165, 1.54) is 29.7 Å². The number of nitrogens with one attached hydrogen (secondary N) is 2. The van der Waals surface area contributed by atoms with E-state index in [1.807, 2.05) is 18.2 Å². The number of hydrogen-bond donors (Lipinski definition) is 3. The number of benzene rings is 2. The lowest BCUT2D eigenvalue weighted by Gasteiger charge is -2.34. The Bertz CT molecular complexity index is 1260. The van der Waals surface area contributed by atoms with Crippen molar-refractivity contribution in [2.45, 2.75) is 28.9 Å². The zero-order chi connectivity index (χ0) is 24.9. The molecule has 4 rings (SSSR count). The van der Waals surface area contributed by atoms with Gasteiger partial charge in [-0.15, -0.1) is 0 Å². The normalized spacial score (nSPS) is 15.5. The zero-order valence-corrected chi connectivity index (χ0v) is 19.7. The number of sulfone groups is 1. The second kappa shape index (κ2) is 10.5. The first-order chi connectivity index (χ1) is 16.9. The molecule has 186 valence electrons. The van der Waals surface area contributed by atoms with E-state index in [9.17, 15) is 18.0 Å². The van der Waals surface area contributed by atoms with Gasteiger partial charge in [0.05, 0.1) is 11.5 Å². The molecule has 2 amide bonds. The van der Waals surface area contributed by atoms with Crippen molar-refractivity contribution in [3.05, 3.63) is 60.4 Å². The van der Waals surface area contributed by atoms with Crippen molar-refractivity contribution >= 4 is 32.6 Å². The molecule has 1 aromatic heterocycles. The number of rotatable bonds is 9. The highest BCUT2D eigenvalue weighted by Crippen LogP contribution is 2.35. The van der Waals surface area contributed by atoms with Gasteiger partial charge in [-0.1, -0.05) is 18.2 Å². The maximum absolute atomic E-state index is 13.2. The molecule has 11 heteroatoms. The minimum Gasteiger partial charge on any atom is -0.494 e. The topological polar surface area (TPSA) is 144 Å². The average Bonchev–Trinajstić information content (AvgIpc) is 3.33. The van der Waals surface area contributed by atoms with Gasteiger partial charge < -0.3 is 19.2 Å². The van der Waals surface area contributed by atoms with Crippen LogP contribution in [0.1, 0.15) is 29.8 Å². The van der Waals surface area contributed by atoms with Gasteiger partial charge in [-0.05, 0) is 55.7 Å². The summed E-state index contributed by atoms with van der Waals surface area (Å²) in [5.74, 6) is -0.600. The highest BCUT2D eigenvalue weighted by atomic mass is 32.2. The minimum atomic E-state index is -4.09. The largest absolute Gasteiger partial charge is 0.494 e. The second-order valence-corrected chi connectivity index (χ2v) is 10.4. The van der Waals surface area contributed by atoms with Crippen molar-refractivity contribution in [1.29, 1.82) is 0 Å². The summed E-state index contributed by atoms with van der Waals surface area (Å²) in [7, 11) is -4.09. The van der Waals surface area contributed by atoms with Crippen molar-refractivity contribution in [1.82, 2.24) is 10.8 Å². The van der Waals surface area contributed by atoms with Crippen LogP contribution in [0.25, 0.3) is 11.0 Å². The van der Waals surface area contributed by atoms with Crippen molar-refractivity contribution < 1.29 is 37.1 Å². The number of carbonyl (C=O) groups is 2. The number of hydrogen-bond acceptors (Lipinski definition) is 8. The second-order valence-electron chi connectivity index (χ2n) is 8.13. The first-order valence-electron chi connectivity index (χ1n) is 11.1.